The third-order valence-electron chi connectivity index (χ3n) is 2.71. The molecule has 2 rings (SSSR count). The van der Waals surface area contributed by atoms with Gasteiger partial charge in [0.1, 0.15) is 5.69 Å². The standard InChI is InChI=1S/C13H10FIN2O2/c1-8-10(15)5-3-6-11(8)16-12-7-2-4-9(14)13(12)17(18)19/h2-7,16H,1H3. The Labute approximate surface area is 122 Å². The lowest BCUT2D eigenvalue weighted by atomic mass is 10.2. The summed E-state index contributed by atoms with van der Waals surface area (Å²) in [6, 6.07) is 9.56. The third-order valence-corrected chi connectivity index (χ3v) is 3.88. The van der Waals surface area contributed by atoms with E-state index in [1.54, 1.807) is 6.07 Å². The number of benzene rings is 2. The summed E-state index contributed by atoms with van der Waals surface area (Å²) in [7, 11) is 0. The van der Waals surface area contributed by atoms with Gasteiger partial charge >= 0.3 is 5.69 Å². The second kappa shape index (κ2) is 5.52. The molecule has 0 saturated carbocycles. The van der Waals surface area contributed by atoms with Gasteiger partial charge in [0.15, 0.2) is 0 Å². The van der Waals surface area contributed by atoms with Gasteiger partial charge in [-0.05, 0) is 59.3 Å². The maximum absolute atomic E-state index is 13.5. The lowest BCUT2D eigenvalue weighted by molar-refractivity contribution is -0.386. The van der Waals surface area contributed by atoms with Crippen LogP contribution in [0.15, 0.2) is 36.4 Å². The molecule has 0 amide bonds. The summed E-state index contributed by atoms with van der Waals surface area (Å²) < 4.78 is 14.5. The van der Waals surface area contributed by atoms with E-state index in [2.05, 4.69) is 27.9 Å². The number of nitro benzene ring substituents is 1. The number of hydrogen-bond donors (Lipinski definition) is 1. The van der Waals surface area contributed by atoms with E-state index in [4.69, 9.17) is 0 Å². The zero-order chi connectivity index (χ0) is 14.0. The second-order valence-electron chi connectivity index (χ2n) is 3.93. The molecular formula is C13H10FIN2O2. The predicted octanol–water partition coefficient (Wildman–Crippen LogP) is 4.39. The van der Waals surface area contributed by atoms with E-state index in [0.717, 1.165) is 20.9 Å². The Balaban J connectivity index is 2.47. The van der Waals surface area contributed by atoms with Crippen LogP contribution in [0.5, 0.6) is 0 Å². The molecule has 4 nitrogen and oxygen atoms in total. The van der Waals surface area contributed by atoms with Crippen molar-refractivity contribution < 1.29 is 9.31 Å². The first-order valence-corrected chi connectivity index (χ1v) is 6.53. The molecule has 0 bridgehead atoms. The molecule has 0 fully saturated rings. The van der Waals surface area contributed by atoms with Gasteiger partial charge in [-0.15, -0.1) is 0 Å². The number of hydrogen-bond acceptors (Lipinski definition) is 3. The summed E-state index contributed by atoms with van der Waals surface area (Å²) in [6.45, 7) is 1.90. The minimum Gasteiger partial charge on any atom is -0.350 e. The molecule has 0 saturated heterocycles. The van der Waals surface area contributed by atoms with E-state index in [0.29, 0.717) is 0 Å². The van der Waals surface area contributed by atoms with Crippen molar-refractivity contribution in [1.82, 2.24) is 0 Å². The average molecular weight is 372 g/mol. The number of halogens is 2. The maximum Gasteiger partial charge on any atom is 0.327 e. The van der Waals surface area contributed by atoms with Gasteiger partial charge in [-0.2, -0.15) is 4.39 Å². The lowest BCUT2D eigenvalue weighted by Gasteiger charge is -2.11. The summed E-state index contributed by atoms with van der Waals surface area (Å²) in [4.78, 5) is 10.2. The Morgan fingerprint density at radius 1 is 1.21 bits per heavy atom. The largest absolute Gasteiger partial charge is 0.350 e. The Hall–Kier alpha value is -1.70. The highest BCUT2D eigenvalue weighted by atomic mass is 127. The summed E-state index contributed by atoms with van der Waals surface area (Å²) in [5.41, 5.74) is 1.29. The molecule has 6 heteroatoms. The van der Waals surface area contributed by atoms with E-state index >= 15 is 0 Å². The zero-order valence-corrected chi connectivity index (χ0v) is 12.1. The smallest absolute Gasteiger partial charge is 0.327 e. The van der Waals surface area contributed by atoms with Gasteiger partial charge in [0.2, 0.25) is 5.82 Å². The molecule has 0 aliphatic carbocycles. The van der Waals surface area contributed by atoms with Crippen LogP contribution >= 0.6 is 22.6 Å². The first-order valence-electron chi connectivity index (χ1n) is 5.45. The Kier molecular flexibility index (Phi) is 3.98. The highest BCUT2D eigenvalue weighted by Crippen LogP contribution is 2.31. The summed E-state index contributed by atoms with van der Waals surface area (Å²) in [6.07, 6.45) is 0. The molecule has 0 aliphatic rings. The van der Waals surface area contributed by atoms with E-state index in [9.17, 15) is 14.5 Å². The highest BCUT2D eigenvalue weighted by Gasteiger charge is 2.20. The van der Waals surface area contributed by atoms with Crippen LogP contribution in [0.4, 0.5) is 21.5 Å². The molecule has 0 unspecified atom stereocenters. The van der Waals surface area contributed by atoms with Crippen LogP contribution in [0.3, 0.4) is 0 Å². The zero-order valence-electron chi connectivity index (χ0n) is 9.98. The van der Waals surface area contributed by atoms with Crippen molar-refractivity contribution in [2.24, 2.45) is 0 Å². The molecule has 0 radical (unpaired) electrons. The Bertz CT molecular complexity index is 647. The van der Waals surface area contributed by atoms with Gasteiger partial charge in [-0.3, -0.25) is 10.1 Å². The predicted molar refractivity (Wildman–Crippen MR) is 80.2 cm³/mol. The van der Waals surface area contributed by atoms with Crippen molar-refractivity contribution in [3.05, 3.63) is 61.5 Å². The Morgan fingerprint density at radius 2 is 1.84 bits per heavy atom. The SMILES string of the molecule is Cc1c(I)cccc1Nc1cccc(F)c1[N+](=O)[O-]. The molecule has 1 N–H and O–H groups in total. The van der Waals surface area contributed by atoms with E-state index in [1.807, 2.05) is 19.1 Å². The van der Waals surface area contributed by atoms with Crippen molar-refractivity contribution in [1.29, 1.82) is 0 Å². The van der Waals surface area contributed by atoms with Crippen LogP contribution in [0.2, 0.25) is 0 Å². The van der Waals surface area contributed by atoms with Crippen molar-refractivity contribution in [2.45, 2.75) is 6.92 Å². The van der Waals surface area contributed by atoms with E-state index in [1.165, 1.54) is 12.1 Å². The van der Waals surface area contributed by atoms with Gasteiger partial charge in [0, 0.05) is 9.26 Å². The van der Waals surface area contributed by atoms with Gasteiger partial charge in [0.05, 0.1) is 4.92 Å². The second-order valence-corrected chi connectivity index (χ2v) is 5.09. The van der Waals surface area contributed by atoms with E-state index in [-0.39, 0.29) is 5.69 Å². The number of nitrogens with one attached hydrogen (secondary N) is 1. The topological polar surface area (TPSA) is 55.2 Å². The molecule has 2 aromatic rings. The average Bonchev–Trinajstić information content (AvgIpc) is 2.34. The van der Waals surface area contributed by atoms with Crippen molar-refractivity contribution >= 4 is 39.7 Å². The fraction of sp³-hybridized carbons (Fsp3) is 0.0769. The molecule has 0 heterocycles. The first-order chi connectivity index (χ1) is 9.00. The number of anilines is 2. The number of rotatable bonds is 3. The molecule has 19 heavy (non-hydrogen) atoms. The normalized spacial score (nSPS) is 10.3. The Morgan fingerprint density at radius 3 is 2.53 bits per heavy atom. The molecule has 98 valence electrons. The first kappa shape index (κ1) is 13.7. The fourth-order valence-electron chi connectivity index (χ4n) is 1.69. The lowest BCUT2D eigenvalue weighted by Crippen LogP contribution is -2.01. The van der Waals surface area contributed by atoms with Gasteiger partial charge in [0.25, 0.3) is 0 Å². The molecule has 2 aromatic carbocycles. The quantitative estimate of drug-likeness (QED) is 0.494. The minimum absolute atomic E-state index is 0.148. The number of nitrogens with zero attached hydrogens (tertiary/aromatic N) is 1. The van der Waals surface area contributed by atoms with Gasteiger partial charge < -0.3 is 5.32 Å². The van der Waals surface area contributed by atoms with E-state index < -0.39 is 16.4 Å². The van der Waals surface area contributed by atoms with Crippen molar-refractivity contribution in [2.75, 3.05) is 5.32 Å². The molecule has 0 spiro atoms. The third kappa shape index (κ3) is 2.83. The maximum atomic E-state index is 13.5. The van der Waals surface area contributed by atoms with Gasteiger partial charge in [-0.1, -0.05) is 12.1 Å². The van der Waals surface area contributed by atoms with Crippen LogP contribution in [0.25, 0.3) is 0 Å². The molecule has 0 aromatic heterocycles. The van der Waals surface area contributed by atoms with Crippen molar-refractivity contribution in [3.63, 3.8) is 0 Å². The van der Waals surface area contributed by atoms with Crippen molar-refractivity contribution in [3.8, 4) is 0 Å². The molecule has 0 aliphatic heterocycles. The van der Waals surface area contributed by atoms with Crippen LogP contribution in [-0.2, 0) is 0 Å². The number of nitro groups is 1. The van der Waals surface area contributed by atoms with Crippen LogP contribution in [0.1, 0.15) is 5.56 Å². The highest BCUT2D eigenvalue weighted by molar-refractivity contribution is 14.1. The molecular weight excluding hydrogens is 362 g/mol. The van der Waals surface area contributed by atoms with Crippen LogP contribution < -0.4 is 5.32 Å². The monoisotopic (exact) mass is 372 g/mol. The summed E-state index contributed by atoms with van der Waals surface area (Å²) in [5.74, 6) is -0.849. The van der Waals surface area contributed by atoms with Crippen LogP contribution in [0, 0.1) is 26.4 Å². The molecule has 0 atom stereocenters. The summed E-state index contributed by atoms with van der Waals surface area (Å²) >= 11 is 2.17. The fourth-order valence-corrected chi connectivity index (χ4v) is 2.19. The van der Waals surface area contributed by atoms with Crippen LogP contribution in [-0.4, -0.2) is 4.92 Å². The van der Waals surface area contributed by atoms with Gasteiger partial charge in [-0.25, -0.2) is 0 Å². The minimum atomic E-state index is -0.849. The summed E-state index contributed by atoms with van der Waals surface area (Å²) in [5, 5.41) is 13.8. The number of para-hydroxylation sites is 1.